The molecule has 1 aromatic carbocycles. The van der Waals surface area contributed by atoms with Crippen molar-refractivity contribution in [2.75, 3.05) is 0 Å². The number of hydrogen-bond acceptors (Lipinski definition) is 5. The molecule has 1 aliphatic heterocycles. The van der Waals surface area contributed by atoms with Crippen molar-refractivity contribution in [2.24, 2.45) is 0 Å². The Bertz CT molecular complexity index is 1760. The monoisotopic (exact) mass is 573 g/mol. The van der Waals surface area contributed by atoms with Crippen molar-refractivity contribution >= 4 is 22.9 Å². The predicted molar refractivity (Wildman–Crippen MR) is 140 cm³/mol. The molecule has 1 amide bonds. The molecule has 0 saturated heterocycles. The average Bonchev–Trinajstić information content (AvgIpc) is 3.43. The number of nitrogens with zero attached hydrogens (tertiary/aromatic N) is 5. The molecule has 1 atom stereocenters. The maximum atomic E-state index is 14.7. The first-order valence-electron chi connectivity index (χ1n) is 12.7. The van der Waals surface area contributed by atoms with Gasteiger partial charge in [-0.05, 0) is 64.4 Å². The fourth-order valence-electron chi connectivity index (χ4n) is 4.92. The summed E-state index contributed by atoms with van der Waals surface area (Å²) in [7, 11) is 0. The van der Waals surface area contributed by atoms with Crippen molar-refractivity contribution in [3.05, 3.63) is 81.7 Å². The molecule has 4 aromatic rings. The quantitative estimate of drug-likeness (QED) is 0.311. The zero-order valence-corrected chi connectivity index (χ0v) is 22.9. The number of carbonyl (C=O) groups excluding carboxylic acids is 2. The molecule has 41 heavy (non-hydrogen) atoms. The van der Waals surface area contributed by atoms with Gasteiger partial charge in [-0.15, -0.1) is 0 Å². The normalized spacial score (nSPS) is 15.9. The lowest BCUT2D eigenvalue weighted by molar-refractivity contribution is -0.139. The molecule has 0 radical (unpaired) electrons. The van der Waals surface area contributed by atoms with E-state index in [-0.39, 0.29) is 40.8 Å². The highest BCUT2D eigenvalue weighted by atomic mass is 19.4. The van der Waals surface area contributed by atoms with Crippen molar-refractivity contribution in [3.8, 4) is 5.69 Å². The zero-order chi connectivity index (χ0) is 30.0. The molecule has 1 unspecified atom stereocenters. The Balaban J connectivity index is 1.56. The summed E-state index contributed by atoms with van der Waals surface area (Å²) in [5.41, 5.74) is -1.69. The molecule has 1 aliphatic rings. The van der Waals surface area contributed by atoms with Crippen molar-refractivity contribution in [1.82, 2.24) is 23.6 Å². The first kappa shape index (κ1) is 28.1. The van der Waals surface area contributed by atoms with Gasteiger partial charge in [-0.2, -0.15) is 13.2 Å². The van der Waals surface area contributed by atoms with E-state index in [1.54, 1.807) is 45.4 Å². The lowest BCUT2D eigenvalue weighted by Crippen LogP contribution is -2.49. The maximum absolute atomic E-state index is 14.7. The number of carbonyl (C=O) groups is 2. The Kier molecular flexibility index (Phi) is 6.58. The van der Waals surface area contributed by atoms with Gasteiger partial charge in [0.2, 0.25) is 0 Å². The predicted octanol–water partition coefficient (Wildman–Crippen LogP) is 5.28. The topological polar surface area (TPSA) is 91.4 Å². The molecule has 0 bridgehead atoms. The molecule has 4 heterocycles. The van der Waals surface area contributed by atoms with E-state index in [9.17, 15) is 31.9 Å². The molecule has 0 spiro atoms. The van der Waals surface area contributed by atoms with Crippen LogP contribution in [-0.4, -0.2) is 47.2 Å². The van der Waals surface area contributed by atoms with Gasteiger partial charge in [0.15, 0.2) is 0 Å². The van der Waals surface area contributed by atoms with Crippen LogP contribution in [0, 0.1) is 12.7 Å². The van der Waals surface area contributed by atoms with E-state index in [2.05, 4.69) is 4.98 Å². The molecule has 13 heteroatoms. The largest absolute Gasteiger partial charge is 0.443 e. The number of hydrogen-bond donors (Lipinski definition) is 0. The standard InChI is InChI=1S/C28H27F4N5O4/c1-15-10-34(14-33-15)21-6-7-22-25(39)35(16(2)11-36(22)24(21)38)12-17-13-37(26(40)41-27(3,4)5)23-9-19(28(30,31)32)20(29)8-18(17)23/h6-10,13-14,16H,11-12H2,1-5H3. The Morgan fingerprint density at radius 3 is 2.44 bits per heavy atom. The van der Waals surface area contributed by atoms with Gasteiger partial charge in [0.1, 0.15) is 22.8 Å². The van der Waals surface area contributed by atoms with E-state index in [1.807, 2.05) is 0 Å². The van der Waals surface area contributed by atoms with Crippen LogP contribution < -0.4 is 5.56 Å². The van der Waals surface area contributed by atoms with Crippen LogP contribution in [0.15, 0.2) is 47.8 Å². The molecule has 0 aliphatic carbocycles. The zero-order valence-electron chi connectivity index (χ0n) is 22.9. The Hall–Kier alpha value is -4.42. The van der Waals surface area contributed by atoms with Gasteiger partial charge in [-0.1, -0.05) is 0 Å². The van der Waals surface area contributed by atoms with Crippen molar-refractivity contribution in [1.29, 1.82) is 0 Å². The van der Waals surface area contributed by atoms with Crippen molar-refractivity contribution in [3.63, 3.8) is 0 Å². The number of benzene rings is 1. The third kappa shape index (κ3) is 5.11. The lowest BCUT2D eigenvalue weighted by Gasteiger charge is -2.35. The molecule has 5 rings (SSSR count). The third-order valence-electron chi connectivity index (χ3n) is 6.81. The minimum absolute atomic E-state index is 0.0233. The number of aryl methyl sites for hydroxylation is 1. The molecule has 0 fully saturated rings. The number of rotatable bonds is 3. The van der Waals surface area contributed by atoms with E-state index in [4.69, 9.17) is 4.74 Å². The number of fused-ring (bicyclic) bond motifs is 2. The molecule has 0 saturated carbocycles. The molecule has 216 valence electrons. The summed E-state index contributed by atoms with van der Waals surface area (Å²) in [5.74, 6) is -2.01. The number of aromatic nitrogens is 4. The smallest absolute Gasteiger partial charge is 0.419 e. The van der Waals surface area contributed by atoms with Crippen molar-refractivity contribution < 1.29 is 31.9 Å². The van der Waals surface area contributed by atoms with E-state index >= 15 is 0 Å². The second kappa shape index (κ2) is 9.60. The lowest BCUT2D eigenvalue weighted by atomic mass is 10.1. The summed E-state index contributed by atoms with van der Waals surface area (Å²) in [6.07, 6.45) is -1.50. The van der Waals surface area contributed by atoms with Crippen LogP contribution in [0.1, 0.15) is 55.0 Å². The fraction of sp³-hybridized carbons (Fsp3) is 0.357. The van der Waals surface area contributed by atoms with Crippen LogP contribution in [-0.2, 0) is 24.0 Å². The van der Waals surface area contributed by atoms with Gasteiger partial charge in [0, 0.05) is 36.9 Å². The summed E-state index contributed by atoms with van der Waals surface area (Å²) < 4.78 is 64.4. The Morgan fingerprint density at radius 1 is 1.12 bits per heavy atom. The van der Waals surface area contributed by atoms with Crippen LogP contribution >= 0.6 is 0 Å². The van der Waals surface area contributed by atoms with Gasteiger partial charge in [-0.3, -0.25) is 14.2 Å². The van der Waals surface area contributed by atoms with Gasteiger partial charge < -0.3 is 18.8 Å². The minimum Gasteiger partial charge on any atom is -0.443 e. The van der Waals surface area contributed by atoms with Crippen LogP contribution in [0.2, 0.25) is 0 Å². The summed E-state index contributed by atoms with van der Waals surface area (Å²) in [4.78, 5) is 45.3. The molecule has 3 aromatic heterocycles. The van der Waals surface area contributed by atoms with Crippen LogP contribution in [0.5, 0.6) is 0 Å². The summed E-state index contributed by atoms with van der Waals surface area (Å²) in [6, 6.07) is 3.79. The van der Waals surface area contributed by atoms with E-state index in [0.717, 1.165) is 4.57 Å². The highest BCUT2D eigenvalue weighted by Crippen LogP contribution is 2.36. The second-order valence-electron chi connectivity index (χ2n) is 11.1. The van der Waals surface area contributed by atoms with Crippen LogP contribution in [0.4, 0.5) is 22.4 Å². The Morgan fingerprint density at radius 2 is 1.83 bits per heavy atom. The maximum Gasteiger partial charge on any atom is 0.419 e. The molecular weight excluding hydrogens is 546 g/mol. The molecule has 9 nitrogen and oxygen atoms in total. The number of halogens is 4. The summed E-state index contributed by atoms with van der Waals surface area (Å²) >= 11 is 0. The van der Waals surface area contributed by atoms with Crippen LogP contribution in [0.25, 0.3) is 16.6 Å². The minimum atomic E-state index is -5.00. The fourth-order valence-corrected chi connectivity index (χ4v) is 4.92. The van der Waals surface area contributed by atoms with Crippen LogP contribution in [0.3, 0.4) is 0 Å². The van der Waals surface area contributed by atoms with E-state index < -0.39 is 41.2 Å². The first-order chi connectivity index (χ1) is 19.0. The van der Waals surface area contributed by atoms with Crippen molar-refractivity contribution in [2.45, 2.75) is 65.5 Å². The van der Waals surface area contributed by atoms with Gasteiger partial charge in [-0.25, -0.2) is 14.2 Å². The van der Waals surface area contributed by atoms with E-state index in [0.29, 0.717) is 23.5 Å². The number of pyridine rings is 1. The summed E-state index contributed by atoms with van der Waals surface area (Å²) in [6.45, 7) is 8.29. The molecule has 0 N–H and O–H groups in total. The molecular formula is C28H27F4N5O4. The highest BCUT2D eigenvalue weighted by molar-refractivity contribution is 5.95. The number of amides is 1. The average molecular weight is 574 g/mol. The number of imidazole rings is 1. The summed E-state index contributed by atoms with van der Waals surface area (Å²) in [5, 5.41) is 0.0233. The van der Waals surface area contributed by atoms with Gasteiger partial charge in [0.05, 0.1) is 23.1 Å². The second-order valence-corrected chi connectivity index (χ2v) is 11.1. The van der Waals surface area contributed by atoms with Gasteiger partial charge >= 0.3 is 12.3 Å². The third-order valence-corrected chi connectivity index (χ3v) is 6.81. The number of alkyl halides is 3. The first-order valence-corrected chi connectivity index (χ1v) is 12.7. The number of ether oxygens (including phenoxy) is 1. The highest BCUT2D eigenvalue weighted by Gasteiger charge is 2.37. The SMILES string of the molecule is Cc1cn(-c2ccc3n(c2=O)CC(C)N(Cc2cn(C(=O)OC(C)(C)C)c4cc(C(F)(F)F)c(F)cc24)C3=O)cn1. The van der Waals surface area contributed by atoms with Gasteiger partial charge in [0.25, 0.3) is 11.5 Å². The van der Waals surface area contributed by atoms with E-state index in [1.165, 1.54) is 34.1 Å². The Labute approximate surface area is 231 Å².